The van der Waals surface area contributed by atoms with E-state index in [-0.39, 0.29) is 25.1 Å². The zero-order valence-corrected chi connectivity index (χ0v) is 31.6. The van der Waals surface area contributed by atoms with Gasteiger partial charge in [0, 0.05) is 36.8 Å². The third-order valence-corrected chi connectivity index (χ3v) is 8.10. The van der Waals surface area contributed by atoms with Gasteiger partial charge in [0.2, 0.25) is 0 Å². The van der Waals surface area contributed by atoms with Crippen molar-refractivity contribution in [2.75, 3.05) is 41.0 Å². The molecule has 0 spiro atoms. The minimum atomic E-state index is -5.84. The van der Waals surface area contributed by atoms with Gasteiger partial charge in [0.25, 0.3) is 0 Å². The summed E-state index contributed by atoms with van der Waals surface area (Å²) in [5.41, 5.74) is -2.45. The third kappa shape index (κ3) is 18.5. The van der Waals surface area contributed by atoms with Crippen molar-refractivity contribution in [2.45, 2.75) is 76.9 Å². The molecule has 16 heteroatoms. The highest BCUT2D eigenvalue weighted by Crippen LogP contribution is 2.32. The van der Waals surface area contributed by atoms with E-state index in [1.165, 1.54) is 5.56 Å². The van der Waals surface area contributed by atoms with Gasteiger partial charge in [-0.25, -0.2) is 4.79 Å². The molecule has 0 fully saturated rings. The van der Waals surface area contributed by atoms with E-state index in [9.17, 15) is 18.0 Å². The SMILES string of the molecule is CCCC(OC)OC.CN(CC1OCCc2c(Br)cccc21)C(=O)OC(C)(C)C.O=S(=O)(O)C(F)(F)F.OCCc1ccccc1Br. The lowest BCUT2D eigenvalue weighted by Gasteiger charge is -2.31. The van der Waals surface area contributed by atoms with Crippen molar-refractivity contribution in [3.63, 3.8) is 0 Å². The fraction of sp³-hybridized carbons (Fsp3) is 0.581. The van der Waals surface area contributed by atoms with E-state index in [1.54, 1.807) is 26.2 Å². The summed E-state index contributed by atoms with van der Waals surface area (Å²) in [6.45, 7) is 9.06. The number of nitrogens with zero attached hydrogens (tertiary/aromatic N) is 1. The highest BCUT2D eigenvalue weighted by atomic mass is 79.9. The first-order chi connectivity index (χ1) is 21.7. The molecule has 0 aromatic heterocycles. The van der Waals surface area contributed by atoms with Gasteiger partial charge in [-0.15, -0.1) is 0 Å². The van der Waals surface area contributed by atoms with E-state index in [4.69, 9.17) is 37.0 Å². The van der Waals surface area contributed by atoms with Crippen molar-refractivity contribution in [1.29, 1.82) is 0 Å². The Labute approximate surface area is 292 Å². The van der Waals surface area contributed by atoms with E-state index in [0.29, 0.717) is 13.2 Å². The molecule has 0 bridgehead atoms. The lowest BCUT2D eigenvalue weighted by molar-refractivity contribution is -0.106. The first-order valence-corrected chi connectivity index (χ1v) is 17.5. The van der Waals surface area contributed by atoms with Crippen molar-refractivity contribution in [3.05, 3.63) is 68.1 Å². The van der Waals surface area contributed by atoms with Gasteiger partial charge in [-0.1, -0.05) is 75.5 Å². The van der Waals surface area contributed by atoms with E-state index in [2.05, 4.69) is 44.8 Å². The highest BCUT2D eigenvalue weighted by Gasteiger charge is 2.44. The van der Waals surface area contributed by atoms with E-state index >= 15 is 0 Å². The predicted molar refractivity (Wildman–Crippen MR) is 181 cm³/mol. The summed E-state index contributed by atoms with van der Waals surface area (Å²) in [7, 11) is -0.787. The normalized spacial score (nSPS) is 14.3. The quantitative estimate of drug-likeness (QED) is 0.156. The zero-order valence-electron chi connectivity index (χ0n) is 27.6. The van der Waals surface area contributed by atoms with Crippen LogP contribution in [0.25, 0.3) is 0 Å². The van der Waals surface area contributed by atoms with E-state index < -0.39 is 21.2 Å². The monoisotopic (exact) mass is 823 g/mol. The molecule has 2 aromatic carbocycles. The van der Waals surface area contributed by atoms with Crippen LogP contribution in [-0.2, 0) is 41.9 Å². The van der Waals surface area contributed by atoms with Gasteiger partial charge in [-0.2, -0.15) is 21.6 Å². The van der Waals surface area contributed by atoms with Crippen molar-refractivity contribution >= 4 is 48.1 Å². The molecule has 0 saturated heterocycles. The smallest absolute Gasteiger partial charge is 0.444 e. The van der Waals surface area contributed by atoms with E-state index in [1.807, 2.05) is 57.2 Å². The number of amides is 1. The van der Waals surface area contributed by atoms with Gasteiger partial charge in [0.05, 0.1) is 13.2 Å². The van der Waals surface area contributed by atoms with Crippen LogP contribution >= 0.6 is 31.9 Å². The average molecular weight is 826 g/mol. The number of carbonyl (C=O) groups is 1. The summed E-state index contributed by atoms with van der Waals surface area (Å²) < 4.78 is 80.8. The summed E-state index contributed by atoms with van der Waals surface area (Å²) in [6.07, 6.45) is 3.27. The second-order valence-electron chi connectivity index (χ2n) is 11.0. The number of rotatable bonds is 8. The molecule has 1 amide bonds. The Bertz CT molecular complexity index is 1310. The number of benzene rings is 2. The van der Waals surface area contributed by atoms with Crippen LogP contribution in [0.15, 0.2) is 51.4 Å². The highest BCUT2D eigenvalue weighted by molar-refractivity contribution is 9.10. The lowest BCUT2D eigenvalue weighted by Crippen LogP contribution is -2.37. The van der Waals surface area contributed by atoms with Crippen molar-refractivity contribution in [3.8, 4) is 0 Å². The third-order valence-electron chi connectivity index (χ3n) is 6.00. The van der Waals surface area contributed by atoms with Gasteiger partial charge >= 0.3 is 21.7 Å². The number of hydrogen-bond acceptors (Lipinski definition) is 8. The van der Waals surface area contributed by atoms with Gasteiger partial charge in [0.15, 0.2) is 6.29 Å². The van der Waals surface area contributed by atoms with Crippen LogP contribution in [-0.4, -0.2) is 87.5 Å². The standard InChI is InChI=1S/C16H22BrNO3.C8H9BrO.C6H14O2.CHF3O3S/c1-16(2,3)21-15(19)18(4)10-14-12-6-5-7-13(17)11(12)8-9-20-14;9-8-4-2-1-3-7(8)5-6-10;1-4-5-6(7-2)8-3;2-1(3,4)8(5,6)7/h5-7,14H,8-10H2,1-4H3;1-4,10H,5-6H2;6H,4-5H2,1-3H3;(H,5,6,7). The van der Waals surface area contributed by atoms with Crippen LogP contribution in [0.3, 0.4) is 0 Å². The molecule has 0 radical (unpaired) electrons. The number of methoxy groups -OCH3 is 2. The number of likely N-dealkylation sites (N-methyl/N-ethyl adjacent to an activating group) is 1. The zero-order chi connectivity index (χ0) is 36.4. The predicted octanol–water partition coefficient (Wildman–Crippen LogP) is 7.71. The minimum absolute atomic E-state index is 0.000000000000000444. The molecule has 1 unspecified atom stereocenters. The molecule has 0 aliphatic carbocycles. The molecule has 1 atom stereocenters. The second kappa shape index (κ2) is 22.0. The summed E-state index contributed by atoms with van der Waals surface area (Å²) in [5.74, 6) is 0. The number of alkyl halides is 3. The molecular weight excluding hydrogens is 779 g/mol. The number of carbonyl (C=O) groups excluding carboxylic acids is 1. The number of fused-ring (bicyclic) bond motifs is 1. The van der Waals surface area contributed by atoms with Crippen LogP contribution in [0, 0.1) is 0 Å². The minimum Gasteiger partial charge on any atom is -0.444 e. The molecule has 270 valence electrons. The molecule has 1 aliphatic heterocycles. The Morgan fingerprint density at radius 3 is 2.06 bits per heavy atom. The number of ether oxygens (including phenoxy) is 4. The Kier molecular flexibility index (Phi) is 21.2. The molecule has 10 nitrogen and oxygen atoms in total. The van der Waals surface area contributed by atoms with Crippen LogP contribution in [0.4, 0.5) is 18.0 Å². The molecule has 3 rings (SSSR count). The first-order valence-electron chi connectivity index (χ1n) is 14.5. The lowest BCUT2D eigenvalue weighted by atomic mass is 9.97. The molecular formula is C31H46Br2F3NO9S. The number of aliphatic hydroxyl groups excluding tert-OH is 1. The molecule has 0 saturated carbocycles. The summed E-state index contributed by atoms with van der Waals surface area (Å²) in [6, 6.07) is 14.0. The van der Waals surface area contributed by atoms with Crippen molar-refractivity contribution in [1.82, 2.24) is 4.90 Å². The fourth-order valence-corrected chi connectivity index (χ4v) is 4.80. The maximum atomic E-state index is 12.1. The van der Waals surface area contributed by atoms with Crippen molar-refractivity contribution in [2.24, 2.45) is 0 Å². The number of aliphatic hydroxyl groups is 1. The topological polar surface area (TPSA) is 132 Å². The summed E-state index contributed by atoms with van der Waals surface area (Å²) in [4.78, 5) is 13.6. The average Bonchev–Trinajstić information content (AvgIpc) is 2.97. The Morgan fingerprint density at radius 2 is 1.62 bits per heavy atom. The summed E-state index contributed by atoms with van der Waals surface area (Å²) in [5, 5.41) is 8.62. The van der Waals surface area contributed by atoms with Crippen LogP contribution < -0.4 is 0 Å². The molecule has 47 heavy (non-hydrogen) atoms. The number of hydrogen-bond donors (Lipinski definition) is 2. The first kappa shape index (κ1) is 45.2. The van der Waals surface area contributed by atoms with Crippen LogP contribution in [0.1, 0.15) is 63.3 Å². The second-order valence-corrected chi connectivity index (χ2v) is 14.1. The Morgan fingerprint density at radius 1 is 1.06 bits per heavy atom. The van der Waals surface area contributed by atoms with Gasteiger partial charge in [0.1, 0.15) is 11.7 Å². The fourth-order valence-electron chi connectivity index (χ4n) is 3.74. The maximum absolute atomic E-state index is 12.1. The molecule has 2 aromatic rings. The van der Waals surface area contributed by atoms with Crippen molar-refractivity contribution < 1.29 is 55.0 Å². The summed E-state index contributed by atoms with van der Waals surface area (Å²) >= 11 is 6.97. The van der Waals surface area contributed by atoms with Crippen LogP contribution in [0.5, 0.6) is 0 Å². The van der Waals surface area contributed by atoms with Gasteiger partial charge < -0.3 is 29.0 Å². The van der Waals surface area contributed by atoms with E-state index in [0.717, 1.165) is 45.8 Å². The van der Waals surface area contributed by atoms with Gasteiger partial charge in [-0.3, -0.25) is 4.55 Å². The number of halogens is 5. The van der Waals surface area contributed by atoms with Gasteiger partial charge in [-0.05, 0) is 68.9 Å². The Balaban J connectivity index is 0.000000679. The largest absolute Gasteiger partial charge is 0.522 e. The maximum Gasteiger partial charge on any atom is 0.522 e. The molecule has 1 heterocycles. The van der Waals surface area contributed by atoms with Crippen LogP contribution in [0.2, 0.25) is 0 Å². The Hall–Kier alpha value is -1.79. The molecule has 2 N–H and O–H groups in total. The molecule has 1 aliphatic rings.